The van der Waals surface area contributed by atoms with Gasteiger partial charge in [-0.1, -0.05) is 22.0 Å². The van der Waals surface area contributed by atoms with Gasteiger partial charge in [0.1, 0.15) is 5.82 Å². The summed E-state index contributed by atoms with van der Waals surface area (Å²) in [6.07, 6.45) is 3.83. The highest BCUT2D eigenvalue weighted by molar-refractivity contribution is 9.10. The molecule has 1 aliphatic rings. The Morgan fingerprint density at radius 3 is 2.69 bits per heavy atom. The molecule has 2 rings (SSSR count). The molecule has 1 aromatic rings. The molecule has 26 heavy (non-hydrogen) atoms. The molecule has 0 aliphatic carbocycles. The molecule has 4 nitrogen and oxygen atoms in total. The first kappa shape index (κ1) is 21.2. The summed E-state index contributed by atoms with van der Waals surface area (Å²) in [5.41, 5.74) is 0.752. The van der Waals surface area contributed by atoms with Crippen molar-refractivity contribution >= 4 is 21.9 Å². The highest BCUT2D eigenvalue weighted by Crippen LogP contribution is 2.16. The van der Waals surface area contributed by atoms with E-state index >= 15 is 0 Å². The van der Waals surface area contributed by atoms with Crippen LogP contribution in [0.25, 0.3) is 0 Å². The van der Waals surface area contributed by atoms with Crippen LogP contribution in [-0.2, 0) is 6.42 Å². The number of nitrogens with zero attached hydrogens (tertiary/aromatic N) is 2. The van der Waals surface area contributed by atoms with Crippen LogP contribution in [0, 0.1) is 5.82 Å². The second kappa shape index (κ2) is 10.9. The summed E-state index contributed by atoms with van der Waals surface area (Å²) in [5.74, 6) is 0.733. The smallest absolute Gasteiger partial charge is 0.191 e. The van der Waals surface area contributed by atoms with Gasteiger partial charge in [-0.3, -0.25) is 4.99 Å². The van der Waals surface area contributed by atoms with Crippen LogP contribution in [0.15, 0.2) is 27.7 Å². The van der Waals surface area contributed by atoms with Crippen molar-refractivity contribution in [2.45, 2.75) is 58.5 Å². The summed E-state index contributed by atoms with van der Waals surface area (Å²) in [6, 6.07) is 6.35. The molecule has 0 radical (unpaired) electrons. The number of hydrogen-bond donors (Lipinski definition) is 2. The molecule has 0 bridgehead atoms. The predicted molar refractivity (Wildman–Crippen MR) is 111 cm³/mol. The third-order valence-electron chi connectivity index (χ3n) is 4.83. The van der Waals surface area contributed by atoms with Gasteiger partial charge < -0.3 is 15.5 Å². The zero-order valence-corrected chi connectivity index (χ0v) is 17.8. The lowest BCUT2D eigenvalue weighted by Crippen LogP contribution is -2.49. The Morgan fingerprint density at radius 1 is 1.35 bits per heavy atom. The quantitative estimate of drug-likeness (QED) is 0.393. The van der Waals surface area contributed by atoms with E-state index in [4.69, 9.17) is 0 Å². The molecule has 0 unspecified atom stereocenters. The number of hydrogen-bond acceptors (Lipinski definition) is 2. The van der Waals surface area contributed by atoms with E-state index in [2.05, 4.69) is 57.2 Å². The highest BCUT2D eigenvalue weighted by atomic mass is 79.9. The highest BCUT2D eigenvalue weighted by Gasteiger charge is 2.21. The molecule has 1 saturated heterocycles. The van der Waals surface area contributed by atoms with E-state index in [1.54, 1.807) is 0 Å². The van der Waals surface area contributed by atoms with Crippen molar-refractivity contribution in [1.29, 1.82) is 0 Å². The molecule has 0 atom stereocenters. The first-order valence-corrected chi connectivity index (χ1v) is 10.5. The zero-order valence-electron chi connectivity index (χ0n) is 16.2. The Labute approximate surface area is 165 Å². The summed E-state index contributed by atoms with van der Waals surface area (Å²) in [6.45, 7) is 10.4. The molecule has 2 N–H and O–H groups in total. The molecule has 1 heterocycles. The van der Waals surface area contributed by atoms with Crippen LogP contribution in [0.2, 0.25) is 0 Å². The third kappa shape index (κ3) is 6.88. The van der Waals surface area contributed by atoms with Crippen LogP contribution in [0.4, 0.5) is 4.39 Å². The molecule has 1 fully saturated rings. The van der Waals surface area contributed by atoms with E-state index in [0.717, 1.165) is 54.9 Å². The van der Waals surface area contributed by atoms with Crippen LogP contribution < -0.4 is 10.6 Å². The molecule has 0 spiro atoms. The number of piperidine rings is 1. The van der Waals surface area contributed by atoms with E-state index in [1.165, 1.54) is 6.07 Å². The largest absolute Gasteiger partial charge is 0.357 e. The van der Waals surface area contributed by atoms with Crippen molar-refractivity contribution < 1.29 is 4.39 Å². The summed E-state index contributed by atoms with van der Waals surface area (Å²) >= 11 is 3.29. The lowest BCUT2D eigenvalue weighted by molar-refractivity contribution is 0.167. The molecular formula is C20H32BrFN4. The number of aryl methyl sites for hydroxylation is 1. The molecule has 1 aliphatic heterocycles. The fraction of sp³-hybridized carbons (Fsp3) is 0.650. The normalized spacial score (nSPS) is 16.9. The second-order valence-electron chi connectivity index (χ2n) is 7.15. The van der Waals surface area contributed by atoms with Crippen LogP contribution in [0.3, 0.4) is 0 Å². The SMILES string of the molecule is CCNC(=NCCCc1ccc(Br)cc1F)NC1CCN(C(C)C)CC1. The summed E-state index contributed by atoms with van der Waals surface area (Å²) in [4.78, 5) is 7.20. The van der Waals surface area contributed by atoms with Crippen molar-refractivity contribution in [1.82, 2.24) is 15.5 Å². The number of nitrogens with one attached hydrogen (secondary N) is 2. The average molecular weight is 427 g/mol. The maximum absolute atomic E-state index is 13.9. The van der Waals surface area contributed by atoms with Crippen molar-refractivity contribution in [2.75, 3.05) is 26.2 Å². The number of halogens is 2. The third-order valence-corrected chi connectivity index (χ3v) is 5.33. The van der Waals surface area contributed by atoms with Crippen LogP contribution in [0.5, 0.6) is 0 Å². The number of aliphatic imine (C=N–C) groups is 1. The Balaban J connectivity index is 1.79. The zero-order chi connectivity index (χ0) is 18.9. The van der Waals surface area contributed by atoms with E-state index in [9.17, 15) is 4.39 Å². The summed E-state index contributed by atoms with van der Waals surface area (Å²) in [7, 11) is 0. The minimum Gasteiger partial charge on any atom is -0.357 e. The number of guanidine groups is 1. The lowest BCUT2D eigenvalue weighted by Gasteiger charge is -2.35. The summed E-state index contributed by atoms with van der Waals surface area (Å²) < 4.78 is 14.6. The topological polar surface area (TPSA) is 39.7 Å². The Kier molecular flexibility index (Phi) is 8.85. The summed E-state index contributed by atoms with van der Waals surface area (Å²) in [5, 5.41) is 6.89. The number of likely N-dealkylation sites (tertiary alicyclic amines) is 1. The second-order valence-corrected chi connectivity index (χ2v) is 8.06. The van der Waals surface area contributed by atoms with Gasteiger partial charge in [-0.15, -0.1) is 0 Å². The van der Waals surface area contributed by atoms with Crippen molar-refractivity contribution in [3.63, 3.8) is 0 Å². The molecule has 6 heteroatoms. The Hall–Kier alpha value is -1.14. The van der Waals surface area contributed by atoms with Gasteiger partial charge in [0.05, 0.1) is 0 Å². The minimum atomic E-state index is -0.148. The van der Waals surface area contributed by atoms with Crippen LogP contribution in [-0.4, -0.2) is 49.1 Å². The maximum Gasteiger partial charge on any atom is 0.191 e. The maximum atomic E-state index is 13.9. The lowest BCUT2D eigenvalue weighted by atomic mass is 10.0. The minimum absolute atomic E-state index is 0.148. The molecule has 1 aromatic carbocycles. The van der Waals surface area contributed by atoms with Gasteiger partial charge in [0.25, 0.3) is 0 Å². The first-order chi connectivity index (χ1) is 12.5. The van der Waals surface area contributed by atoms with Crippen LogP contribution in [0.1, 0.15) is 45.6 Å². The standard InChI is InChI=1S/C20H32BrFN4/c1-4-23-20(25-18-9-12-26(13-10-18)15(2)3)24-11-5-6-16-7-8-17(21)14-19(16)22/h7-8,14-15,18H,4-6,9-13H2,1-3H3,(H2,23,24,25). The average Bonchev–Trinajstić information content (AvgIpc) is 2.60. The Morgan fingerprint density at radius 2 is 2.08 bits per heavy atom. The van der Waals surface area contributed by atoms with Gasteiger partial charge in [-0.2, -0.15) is 0 Å². The monoisotopic (exact) mass is 426 g/mol. The molecule has 0 amide bonds. The van der Waals surface area contributed by atoms with E-state index in [0.29, 0.717) is 25.0 Å². The fourth-order valence-corrected chi connectivity index (χ4v) is 3.59. The van der Waals surface area contributed by atoms with Crippen LogP contribution >= 0.6 is 15.9 Å². The number of rotatable bonds is 7. The van der Waals surface area contributed by atoms with Crippen molar-refractivity contribution in [3.8, 4) is 0 Å². The van der Waals surface area contributed by atoms with Gasteiger partial charge in [0.15, 0.2) is 5.96 Å². The molecule has 0 aromatic heterocycles. The molecular weight excluding hydrogens is 395 g/mol. The van der Waals surface area contributed by atoms with Gasteiger partial charge in [-0.05, 0) is 64.2 Å². The fourth-order valence-electron chi connectivity index (χ4n) is 3.26. The predicted octanol–water partition coefficient (Wildman–Crippen LogP) is 3.95. The van der Waals surface area contributed by atoms with E-state index in [1.807, 2.05) is 12.1 Å². The van der Waals surface area contributed by atoms with Gasteiger partial charge >= 0.3 is 0 Å². The van der Waals surface area contributed by atoms with E-state index in [-0.39, 0.29) is 5.82 Å². The first-order valence-electron chi connectivity index (χ1n) is 9.72. The number of benzene rings is 1. The van der Waals surface area contributed by atoms with Gasteiger partial charge in [-0.25, -0.2) is 4.39 Å². The molecule has 146 valence electrons. The van der Waals surface area contributed by atoms with Crippen molar-refractivity contribution in [3.05, 3.63) is 34.1 Å². The van der Waals surface area contributed by atoms with Gasteiger partial charge in [0.2, 0.25) is 0 Å². The van der Waals surface area contributed by atoms with Gasteiger partial charge in [0, 0.05) is 42.7 Å². The van der Waals surface area contributed by atoms with Crippen molar-refractivity contribution in [2.24, 2.45) is 4.99 Å². The van der Waals surface area contributed by atoms with E-state index < -0.39 is 0 Å². The Bertz CT molecular complexity index is 583. The molecule has 0 saturated carbocycles.